The fourth-order valence-corrected chi connectivity index (χ4v) is 3.50. The summed E-state index contributed by atoms with van der Waals surface area (Å²) in [6.45, 7) is 2.60. The van der Waals surface area contributed by atoms with Crippen LogP contribution in [0, 0.1) is 0 Å². The fourth-order valence-electron chi connectivity index (χ4n) is 2.85. The van der Waals surface area contributed by atoms with Crippen LogP contribution in [0.3, 0.4) is 0 Å². The minimum absolute atomic E-state index is 0.443. The van der Waals surface area contributed by atoms with Crippen molar-refractivity contribution in [1.29, 1.82) is 0 Å². The molecule has 4 rings (SSSR count). The molecule has 0 aliphatic carbocycles. The Morgan fingerprint density at radius 3 is 3.23 bits per heavy atom. The van der Waals surface area contributed by atoms with Gasteiger partial charge in [-0.05, 0) is 30.8 Å². The highest BCUT2D eigenvalue weighted by Crippen LogP contribution is 2.24. The maximum Gasteiger partial charge on any atom is 0.241 e. The summed E-state index contributed by atoms with van der Waals surface area (Å²) in [5.74, 6) is 1.35. The van der Waals surface area contributed by atoms with Crippen LogP contribution in [-0.4, -0.2) is 42.4 Å². The van der Waals surface area contributed by atoms with Gasteiger partial charge in [-0.1, -0.05) is 11.2 Å². The summed E-state index contributed by atoms with van der Waals surface area (Å²) in [5.41, 5.74) is 0. The lowest BCUT2D eigenvalue weighted by molar-refractivity contribution is 0.192. The summed E-state index contributed by atoms with van der Waals surface area (Å²) in [6, 6.07) is 4.44. The van der Waals surface area contributed by atoms with E-state index in [4.69, 9.17) is 4.52 Å². The zero-order valence-electron chi connectivity index (χ0n) is 12.0. The molecular formula is C14H16N6OS. The molecule has 1 aliphatic heterocycles. The summed E-state index contributed by atoms with van der Waals surface area (Å²) < 4.78 is 7.29. The van der Waals surface area contributed by atoms with Gasteiger partial charge in [0.1, 0.15) is 12.7 Å². The van der Waals surface area contributed by atoms with Gasteiger partial charge in [0.2, 0.25) is 11.7 Å². The zero-order chi connectivity index (χ0) is 14.8. The Hall–Kier alpha value is -2.06. The molecule has 22 heavy (non-hydrogen) atoms. The van der Waals surface area contributed by atoms with E-state index in [0.29, 0.717) is 24.3 Å². The molecule has 0 amide bonds. The Morgan fingerprint density at radius 1 is 1.41 bits per heavy atom. The molecule has 0 aromatic carbocycles. The maximum atomic E-state index is 5.40. The van der Waals surface area contributed by atoms with Crippen LogP contribution >= 0.6 is 11.3 Å². The molecule has 0 N–H and O–H groups in total. The first-order valence-electron chi connectivity index (χ1n) is 7.31. The minimum atomic E-state index is 0.443. The topological polar surface area (TPSA) is 72.9 Å². The number of thiophene rings is 1. The van der Waals surface area contributed by atoms with Gasteiger partial charge in [0, 0.05) is 6.04 Å². The average Bonchev–Trinajstić information content (AvgIpc) is 3.28. The molecule has 1 aliphatic rings. The van der Waals surface area contributed by atoms with Gasteiger partial charge >= 0.3 is 0 Å². The predicted octanol–water partition coefficient (Wildman–Crippen LogP) is 2.05. The first-order chi connectivity index (χ1) is 10.9. The number of hydrogen-bond donors (Lipinski definition) is 0. The highest BCUT2D eigenvalue weighted by molar-refractivity contribution is 7.13. The Morgan fingerprint density at radius 2 is 2.41 bits per heavy atom. The zero-order valence-corrected chi connectivity index (χ0v) is 12.8. The maximum absolute atomic E-state index is 5.40. The largest absolute Gasteiger partial charge is 0.338 e. The second-order valence-corrected chi connectivity index (χ2v) is 6.32. The van der Waals surface area contributed by atoms with Crippen LogP contribution in [0.1, 0.15) is 18.7 Å². The molecule has 0 saturated carbocycles. The predicted molar refractivity (Wildman–Crippen MR) is 81.1 cm³/mol. The van der Waals surface area contributed by atoms with Crippen LogP contribution in [0.15, 0.2) is 34.7 Å². The van der Waals surface area contributed by atoms with E-state index in [-0.39, 0.29) is 0 Å². The van der Waals surface area contributed by atoms with Crippen LogP contribution in [0.25, 0.3) is 10.7 Å². The molecule has 0 bridgehead atoms. The third-order valence-corrected chi connectivity index (χ3v) is 4.78. The van der Waals surface area contributed by atoms with Crippen molar-refractivity contribution < 1.29 is 4.52 Å². The molecule has 0 spiro atoms. The average molecular weight is 316 g/mol. The van der Waals surface area contributed by atoms with Gasteiger partial charge in [0.15, 0.2) is 0 Å². The molecule has 8 heteroatoms. The van der Waals surface area contributed by atoms with E-state index in [9.17, 15) is 0 Å². The Kier molecular flexibility index (Phi) is 3.69. The van der Waals surface area contributed by atoms with Crippen LogP contribution in [0.5, 0.6) is 0 Å². The summed E-state index contributed by atoms with van der Waals surface area (Å²) in [7, 11) is 0. The molecule has 3 aromatic heterocycles. The molecule has 1 fully saturated rings. The van der Waals surface area contributed by atoms with E-state index >= 15 is 0 Å². The van der Waals surface area contributed by atoms with Crippen LogP contribution in [0.4, 0.5) is 0 Å². The third kappa shape index (κ3) is 2.79. The Balaban J connectivity index is 1.44. The van der Waals surface area contributed by atoms with Gasteiger partial charge in [-0.15, -0.1) is 11.3 Å². The van der Waals surface area contributed by atoms with Crippen molar-refractivity contribution >= 4 is 11.3 Å². The van der Waals surface area contributed by atoms with Crippen molar-refractivity contribution in [3.05, 3.63) is 36.1 Å². The van der Waals surface area contributed by atoms with Crippen molar-refractivity contribution in [2.24, 2.45) is 0 Å². The summed E-state index contributed by atoms with van der Waals surface area (Å²) in [6.07, 6.45) is 5.68. The van der Waals surface area contributed by atoms with E-state index in [1.807, 2.05) is 22.2 Å². The fraction of sp³-hybridized carbons (Fsp3) is 0.429. The van der Waals surface area contributed by atoms with E-state index in [1.165, 1.54) is 6.42 Å². The summed E-state index contributed by atoms with van der Waals surface area (Å²) in [4.78, 5) is 11.9. The molecule has 0 unspecified atom stereocenters. The van der Waals surface area contributed by atoms with E-state index in [2.05, 4.69) is 25.1 Å². The smallest absolute Gasteiger partial charge is 0.241 e. The van der Waals surface area contributed by atoms with Crippen molar-refractivity contribution in [3.8, 4) is 10.7 Å². The lowest BCUT2D eigenvalue weighted by atomic mass is 10.2. The number of aromatic nitrogens is 5. The van der Waals surface area contributed by atoms with Crippen LogP contribution in [-0.2, 0) is 13.1 Å². The first kappa shape index (κ1) is 13.6. The lowest BCUT2D eigenvalue weighted by Crippen LogP contribution is -2.32. The standard InChI is InChI=1S/C14H16N6OS/c1-3-11(7-20-10-15-9-16-20)19(5-1)8-13-17-14(18-21-13)12-4-2-6-22-12/h2,4,6,9-11H,1,3,5,7-8H2/t11-/m1/s1. The molecule has 1 saturated heterocycles. The molecule has 4 heterocycles. The number of nitrogens with zero attached hydrogens (tertiary/aromatic N) is 6. The highest BCUT2D eigenvalue weighted by Gasteiger charge is 2.26. The van der Waals surface area contributed by atoms with Gasteiger partial charge in [0.05, 0.1) is 18.0 Å². The van der Waals surface area contributed by atoms with Crippen molar-refractivity contribution in [2.75, 3.05) is 6.54 Å². The normalized spacial score (nSPS) is 19.0. The Labute approximate surface area is 131 Å². The number of rotatable bonds is 5. The third-order valence-electron chi connectivity index (χ3n) is 3.91. The van der Waals surface area contributed by atoms with Crippen LogP contribution in [0.2, 0.25) is 0 Å². The quantitative estimate of drug-likeness (QED) is 0.717. The molecule has 7 nitrogen and oxygen atoms in total. The second-order valence-electron chi connectivity index (χ2n) is 5.37. The molecule has 114 valence electrons. The van der Waals surface area contributed by atoms with Crippen molar-refractivity contribution in [3.63, 3.8) is 0 Å². The summed E-state index contributed by atoms with van der Waals surface area (Å²) in [5, 5.41) is 10.3. The van der Waals surface area contributed by atoms with Crippen molar-refractivity contribution in [2.45, 2.75) is 32.0 Å². The van der Waals surface area contributed by atoms with Gasteiger partial charge in [-0.3, -0.25) is 9.58 Å². The van der Waals surface area contributed by atoms with E-state index in [1.54, 1.807) is 24.0 Å². The lowest BCUT2D eigenvalue weighted by Gasteiger charge is -2.22. The van der Waals surface area contributed by atoms with Gasteiger partial charge < -0.3 is 4.52 Å². The SMILES string of the molecule is c1csc(-c2noc(CN3CCC[C@@H]3Cn3cncn3)n2)c1. The first-order valence-corrected chi connectivity index (χ1v) is 8.19. The van der Waals surface area contributed by atoms with Gasteiger partial charge in [0.25, 0.3) is 0 Å². The van der Waals surface area contributed by atoms with Gasteiger partial charge in [-0.2, -0.15) is 10.1 Å². The summed E-state index contributed by atoms with van der Waals surface area (Å²) >= 11 is 1.62. The molecular weight excluding hydrogens is 300 g/mol. The minimum Gasteiger partial charge on any atom is -0.338 e. The highest BCUT2D eigenvalue weighted by atomic mass is 32.1. The number of likely N-dealkylation sites (tertiary alicyclic amines) is 1. The van der Waals surface area contributed by atoms with Gasteiger partial charge in [-0.25, -0.2) is 4.98 Å². The molecule has 3 aromatic rings. The number of hydrogen-bond acceptors (Lipinski definition) is 7. The van der Waals surface area contributed by atoms with E-state index < -0.39 is 0 Å². The molecule has 1 atom stereocenters. The molecule has 0 radical (unpaired) electrons. The monoisotopic (exact) mass is 316 g/mol. The Bertz CT molecular complexity index is 708. The van der Waals surface area contributed by atoms with E-state index in [0.717, 1.165) is 24.4 Å². The van der Waals surface area contributed by atoms with Crippen LogP contribution < -0.4 is 0 Å². The second kappa shape index (κ2) is 5.98. The van der Waals surface area contributed by atoms with Crippen molar-refractivity contribution in [1.82, 2.24) is 29.8 Å².